The number of amides is 1. The van der Waals surface area contributed by atoms with Gasteiger partial charge < -0.3 is 4.90 Å². The maximum Gasteiger partial charge on any atom is 0.236 e. The minimum atomic E-state index is -3.43. The van der Waals surface area contributed by atoms with Gasteiger partial charge in [0.05, 0.1) is 6.54 Å². The minimum absolute atomic E-state index is 0.102. The Kier molecular flexibility index (Phi) is 7.16. The van der Waals surface area contributed by atoms with Gasteiger partial charge in [0.25, 0.3) is 0 Å². The van der Waals surface area contributed by atoms with Crippen LogP contribution in [0.1, 0.15) is 19.4 Å². The molecule has 0 aromatic heterocycles. The molecular weight excluding hydrogens is 338 g/mol. The van der Waals surface area contributed by atoms with E-state index < -0.39 is 10.0 Å². The molecule has 1 saturated heterocycles. The van der Waals surface area contributed by atoms with E-state index >= 15 is 0 Å². The Hall–Kier alpha value is -1.70. The number of sulfonamides is 1. The quantitative estimate of drug-likeness (QED) is 0.734. The zero-order valence-electron chi connectivity index (χ0n) is 15.0. The fourth-order valence-corrected chi connectivity index (χ4v) is 4.00. The van der Waals surface area contributed by atoms with E-state index in [1.54, 1.807) is 11.0 Å². The summed E-state index contributed by atoms with van der Waals surface area (Å²) in [5.41, 5.74) is 0.856. The average molecular weight is 365 g/mol. The number of carbonyl (C=O) groups excluding carboxylic acids is 1. The molecule has 0 atom stereocenters. The molecule has 6 nitrogen and oxygen atoms in total. The van der Waals surface area contributed by atoms with Crippen LogP contribution in [-0.2, 0) is 14.8 Å². The summed E-state index contributed by atoms with van der Waals surface area (Å²) in [6.07, 6.45) is 1.62. The molecular formula is C18H27N3O3S. The van der Waals surface area contributed by atoms with Gasteiger partial charge in [0, 0.05) is 44.7 Å². The standard InChI is InChI=1S/C18H27N3O3S/c1-3-20(4-2)18(22)16-19-11-13-21(14-12-19)25(23,24)15-10-17-8-6-5-7-9-17/h5-10,15H,3-4,11-14,16H2,1-2H3/b15-10+. The zero-order chi connectivity index (χ0) is 18.3. The van der Waals surface area contributed by atoms with Gasteiger partial charge in [-0.05, 0) is 25.5 Å². The van der Waals surface area contributed by atoms with Crippen molar-refractivity contribution in [3.8, 4) is 0 Å². The molecule has 0 bridgehead atoms. The first kappa shape index (κ1) is 19.6. The van der Waals surface area contributed by atoms with E-state index in [0.717, 1.165) is 5.56 Å². The third-order valence-corrected chi connectivity index (χ3v) is 5.96. The van der Waals surface area contributed by atoms with Gasteiger partial charge in [-0.2, -0.15) is 4.31 Å². The zero-order valence-corrected chi connectivity index (χ0v) is 15.8. The van der Waals surface area contributed by atoms with Gasteiger partial charge in [-0.25, -0.2) is 8.42 Å². The molecule has 1 aliphatic heterocycles. The van der Waals surface area contributed by atoms with E-state index in [1.807, 2.05) is 49.1 Å². The fraction of sp³-hybridized carbons (Fsp3) is 0.500. The van der Waals surface area contributed by atoms with Gasteiger partial charge in [0.15, 0.2) is 0 Å². The van der Waals surface area contributed by atoms with Gasteiger partial charge >= 0.3 is 0 Å². The summed E-state index contributed by atoms with van der Waals surface area (Å²) in [5, 5.41) is 1.26. The number of carbonyl (C=O) groups is 1. The lowest BCUT2D eigenvalue weighted by molar-refractivity contribution is -0.132. The van der Waals surface area contributed by atoms with Gasteiger partial charge in [-0.3, -0.25) is 9.69 Å². The van der Waals surface area contributed by atoms with E-state index in [0.29, 0.717) is 45.8 Å². The normalized spacial score (nSPS) is 17.0. The highest BCUT2D eigenvalue weighted by molar-refractivity contribution is 7.92. The van der Waals surface area contributed by atoms with Crippen molar-refractivity contribution in [1.82, 2.24) is 14.1 Å². The molecule has 0 unspecified atom stereocenters. The Labute approximate surface area is 150 Å². The molecule has 25 heavy (non-hydrogen) atoms. The van der Waals surface area contributed by atoms with Crippen molar-refractivity contribution in [3.63, 3.8) is 0 Å². The molecule has 1 aromatic carbocycles. The van der Waals surface area contributed by atoms with Crippen molar-refractivity contribution in [2.45, 2.75) is 13.8 Å². The van der Waals surface area contributed by atoms with Gasteiger partial charge in [0.2, 0.25) is 15.9 Å². The monoisotopic (exact) mass is 365 g/mol. The summed E-state index contributed by atoms with van der Waals surface area (Å²) >= 11 is 0. The lowest BCUT2D eigenvalue weighted by Crippen LogP contribution is -2.51. The van der Waals surface area contributed by atoms with Crippen LogP contribution in [0.2, 0.25) is 0 Å². The molecule has 1 aromatic rings. The van der Waals surface area contributed by atoms with Crippen LogP contribution in [0.15, 0.2) is 35.7 Å². The second-order valence-corrected chi connectivity index (χ2v) is 7.82. The number of hydrogen-bond acceptors (Lipinski definition) is 4. The van der Waals surface area contributed by atoms with Crippen molar-refractivity contribution in [2.75, 3.05) is 45.8 Å². The molecule has 0 N–H and O–H groups in total. The van der Waals surface area contributed by atoms with E-state index in [9.17, 15) is 13.2 Å². The number of hydrogen-bond donors (Lipinski definition) is 0. The number of benzene rings is 1. The summed E-state index contributed by atoms with van der Waals surface area (Å²) in [6, 6.07) is 9.37. The summed E-state index contributed by atoms with van der Waals surface area (Å²) in [4.78, 5) is 16.0. The lowest BCUT2D eigenvalue weighted by atomic mass is 10.2. The van der Waals surface area contributed by atoms with E-state index in [4.69, 9.17) is 0 Å². The highest BCUT2D eigenvalue weighted by atomic mass is 32.2. The van der Waals surface area contributed by atoms with Crippen LogP contribution in [-0.4, -0.2) is 74.2 Å². The maximum atomic E-state index is 12.4. The number of piperazine rings is 1. The third-order valence-electron chi connectivity index (χ3n) is 4.40. The summed E-state index contributed by atoms with van der Waals surface area (Å²) in [7, 11) is -3.43. The third kappa shape index (κ3) is 5.66. The van der Waals surface area contributed by atoms with Crippen molar-refractivity contribution < 1.29 is 13.2 Å². The first-order valence-electron chi connectivity index (χ1n) is 8.69. The summed E-state index contributed by atoms with van der Waals surface area (Å²) < 4.78 is 26.3. The molecule has 1 amide bonds. The van der Waals surface area contributed by atoms with E-state index in [2.05, 4.69) is 0 Å². The number of rotatable bonds is 7. The predicted octanol–water partition coefficient (Wildman–Crippen LogP) is 1.47. The molecule has 0 aliphatic carbocycles. The summed E-state index contributed by atoms with van der Waals surface area (Å²) in [6.45, 7) is 7.66. The first-order valence-corrected chi connectivity index (χ1v) is 10.2. The number of nitrogens with zero attached hydrogens (tertiary/aromatic N) is 3. The molecule has 0 saturated carbocycles. The van der Waals surface area contributed by atoms with Crippen LogP contribution >= 0.6 is 0 Å². The Bertz CT molecular complexity index is 677. The Morgan fingerprint density at radius 3 is 2.24 bits per heavy atom. The largest absolute Gasteiger partial charge is 0.342 e. The Morgan fingerprint density at radius 2 is 1.68 bits per heavy atom. The molecule has 7 heteroatoms. The second-order valence-electron chi connectivity index (χ2n) is 6.00. The van der Waals surface area contributed by atoms with Crippen molar-refractivity contribution >= 4 is 22.0 Å². The van der Waals surface area contributed by atoms with Crippen LogP contribution in [0, 0.1) is 0 Å². The molecule has 2 rings (SSSR count). The number of likely N-dealkylation sites (N-methyl/N-ethyl adjacent to an activating group) is 1. The molecule has 1 aliphatic rings. The highest BCUT2D eigenvalue weighted by Gasteiger charge is 2.26. The van der Waals surface area contributed by atoms with Crippen LogP contribution in [0.25, 0.3) is 6.08 Å². The van der Waals surface area contributed by atoms with Crippen molar-refractivity contribution in [1.29, 1.82) is 0 Å². The molecule has 0 spiro atoms. The lowest BCUT2D eigenvalue weighted by Gasteiger charge is -2.33. The van der Waals surface area contributed by atoms with Crippen molar-refractivity contribution in [2.24, 2.45) is 0 Å². The predicted molar refractivity (Wildman–Crippen MR) is 100 cm³/mol. The van der Waals surface area contributed by atoms with Crippen LogP contribution in [0.4, 0.5) is 0 Å². The van der Waals surface area contributed by atoms with Gasteiger partial charge in [-0.15, -0.1) is 0 Å². The smallest absolute Gasteiger partial charge is 0.236 e. The van der Waals surface area contributed by atoms with Gasteiger partial charge in [-0.1, -0.05) is 30.3 Å². The SMILES string of the molecule is CCN(CC)C(=O)CN1CCN(S(=O)(=O)/C=C/c2ccccc2)CC1. The topological polar surface area (TPSA) is 60.9 Å². The maximum absolute atomic E-state index is 12.4. The van der Waals surface area contributed by atoms with Crippen LogP contribution in [0.3, 0.4) is 0 Å². The Balaban J connectivity index is 1.88. The first-order chi connectivity index (χ1) is 12.0. The average Bonchev–Trinajstić information content (AvgIpc) is 2.62. The highest BCUT2D eigenvalue weighted by Crippen LogP contribution is 2.11. The fourth-order valence-electron chi connectivity index (χ4n) is 2.82. The summed E-state index contributed by atoms with van der Waals surface area (Å²) in [5.74, 6) is 0.102. The molecule has 1 heterocycles. The molecule has 1 fully saturated rings. The van der Waals surface area contributed by atoms with E-state index in [-0.39, 0.29) is 5.91 Å². The Morgan fingerprint density at radius 1 is 1.08 bits per heavy atom. The molecule has 0 radical (unpaired) electrons. The minimum Gasteiger partial charge on any atom is -0.342 e. The van der Waals surface area contributed by atoms with E-state index in [1.165, 1.54) is 9.71 Å². The second kappa shape index (κ2) is 9.12. The van der Waals surface area contributed by atoms with Gasteiger partial charge in [0.1, 0.15) is 0 Å². The van der Waals surface area contributed by atoms with Crippen LogP contribution in [0.5, 0.6) is 0 Å². The van der Waals surface area contributed by atoms with Crippen molar-refractivity contribution in [3.05, 3.63) is 41.3 Å². The molecule has 138 valence electrons. The van der Waals surface area contributed by atoms with Crippen LogP contribution < -0.4 is 0 Å².